The average molecular weight is 353 g/mol. The van der Waals surface area contributed by atoms with Gasteiger partial charge in [0.15, 0.2) is 0 Å². The summed E-state index contributed by atoms with van der Waals surface area (Å²) in [6, 6.07) is 5.94. The molecule has 0 aliphatic carbocycles. The van der Waals surface area contributed by atoms with E-state index in [-0.39, 0.29) is 11.5 Å². The number of halogens is 1. The van der Waals surface area contributed by atoms with Crippen molar-refractivity contribution in [1.82, 2.24) is 4.57 Å². The first-order valence-electron chi connectivity index (χ1n) is 5.97. The van der Waals surface area contributed by atoms with Crippen LogP contribution in [0, 0.1) is 0 Å². The maximum Gasteiger partial charge on any atom is 0.335 e. The molecule has 0 fully saturated rings. The first kappa shape index (κ1) is 15.1. The Bertz CT molecular complexity index is 709. The Kier molecular flexibility index (Phi) is 4.32. The Balaban J connectivity index is 2.33. The van der Waals surface area contributed by atoms with Crippen LogP contribution in [-0.2, 0) is 7.05 Å². The largest absolute Gasteiger partial charge is 0.495 e. The quantitative estimate of drug-likeness (QED) is 0.886. The zero-order valence-corrected chi connectivity index (χ0v) is 13.0. The van der Waals surface area contributed by atoms with Gasteiger partial charge >= 0.3 is 5.97 Å². The Morgan fingerprint density at radius 2 is 2.05 bits per heavy atom. The van der Waals surface area contributed by atoms with Crippen molar-refractivity contribution in [2.24, 2.45) is 7.05 Å². The van der Waals surface area contributed by atoms with Gasteiger partial charge in [0.05, 0.1) is 18.4 Å². The van der Waals surface area contributed by atoms with Gasteiger partial charge in [0, 0.05) is 17.7 Å². The van der Waals surface area contributed by atoms with Gasteiger partial charge in [0.1, 0.15) is 11.4 Å². The minimum Gasteiger partial charge on any atom is -0.495 e. The van der Waals surface area contributed by atoms with E-state index < -0.39 is 5.97 Å². The van der Waals surface area contributed by atoms with E-state index in [0.29, 0.717) is 17.1 Å². The molecular weight excluding hydrogens is 340 g/mol. The molecule has 0 unspecified atom stereocenters. The Labute approximate surface area is 129 Å². The number of aromatic nitrogens is 1. The second-order valence-electron chi connectivity index (χ2n) is 4.33. The highest BCUT2D eigenvalue weighted by molar-refractivity contribution is 9.10. The van der Waals surface area contributed by atoms with Gasteiger partial charge in [-0.2, -0.15) is 0 Å². The van der Waals surface area contributed by atoms with Crippen molar-refractivity contribution in [3.05, 3.63) is 46.2 Å². The number of carbonyl (C=O) groups excluding carboxylic acids is 1. The summed E-state index contributed by atoms with van der Waals surface area (Å²) in [5.41, 5.74) is 0.809. The number of hydrogen-bond acceptors (Lipinski definition) is 3. The molecule has 0 atom stereocenters. The highest BCUT2D eigenvalue weighted by Gasteiger charge is 2.15. The SMILES string of the molecule is COc1ccc(C(=O)O)cc1NC(=O)c1cc(Br)cn1C. The molecule has 0 spiro atoms. The van der Waals surface area contributed by atoms with Crippen molar-refractivity contribution >= 4 is 33.5 Å². The highest BCUT2D eigenvalue weighted by atomic mass is 79.9. The second-order valence-corrected chi connectivity index (χ2v) is 5.24. The molecule has 21 heavy (non-hydrogen) atoms. The van der Waals surface area contributed by atoms with Gasteiger partial charge in [-0.3, -0.25) is 4.79 Å². The summed E-state index contributed by atoms with van der Waals surface area (Å²) in [6.07, 6.45) is 1.75. The van der Waals surface area contributed by atoms with Crippen LogP contribution in [0.5, 0.6) is 5.75 Å². The number of aromatic carboxylic acids is 1. The monoisotopic (exact) mass is 352 g/mol. The summed E-state index contributed by atoms with van der Waals surface area (Å²) < 4.78 is 7.57. The fraction of sp³-hybridized carbons (Fsp3) is 0.143. The Hall–Kier alpha value is -2.28. The zero-order valence-electron chi connectivity index (χ0n) is 11.4. The predicted octanol–water partition coefficient (Wildman–Crippen LogP) is 2.75. The number of amides is 1. The van der Waals surface area contributed by atoms with Gasteiger partial charge in [0.25, 0.3) is 5.91 Å². The van der Waals surface area contributed by atoms with Gasteiger partial charge in [-0.25, -0.2) is 4.79 Å². The first-order chi connectivity index (χ1) is 9.92. The molecule has 2 N–H and O–H groups in total. The predicted molar refractivity (Wildman–Crippen MR) is 81.0 cm³/mol. The van der Waals surface area contributed by atoms with Crippen LogP contribution < -0.4 is 10.1 Å². The first-order valence-corrected chi connectivity index (χ1v) is 6.76. The maximum absolute atomic E-state index is 12.2. The fourth-order valence-corrected chi connectivity index (χ4v) is 2.40. The molecule has 2 rings (SSSR count). The third-order valence-corrected chi connectivity index (χ3v) is 3.33. The van der Waals surface area contributed by atoms with E-state index in [1.54, 1.807) is 23.9 Å². The van der Waals surface area contributed by atoms with Crippen molar-refractivity contribution in [3.8, 4) is 5.75 Å². The van der Waals surface area contributed by atoms with Crippen LogP contribution in [0.4, 0.5) is 5.69 Å². The molecule has 0 saturated carbocycles. The summed E-state index contributed by atoms with van der Waals surface area (Å²) in [7, 11) is 3.19. The van der Waals surface area contributed by atoms with Gasteiger partial charge < -0.3 is 19.7 Å². The van der Waals surface area contributed by atoms with E-state index in [9.17, 15) is 9.59 Å². The fourth-order valence-electron chi connectivity index (χ4n) is 1.87. The molecular formula is C14H13BrN2O4. The third-order valence-electron chi connectivity index (χ3n) is 2.90. The molecule has 1 aromatic carbocycles. The summed E-state index contributed by atoms with van der Waals surface area (Å²) in [5, 5.41) is 11.7. The van der Waals surface area contributed by atoms with Crippen LogP contribution >= 0.6 is 15.9 Å². The number of ether oxygens (including phenoxy) is 1. The van der Waals surface area contributed by atoms with Crippen molar-refractivity contribution < 1.29 is 19.4 Å². The van der Waals surface area contributed by atoms with E-state index in [2.05, 4.69) is 21.2 Å². The van der Waals surface area contributed by atoms with E-state index in [0.717, 1.165) is 4.47 Å². The van der Waals surface area contributed by atoms with Crippen LogP contribution in [-0.4, -0.2) is 28.7 Å². The average Bonchev–Trinajstić information content (AvgIpc) is 2.77. The number of nitrogens with one attached hydrogen (secondary N) is 1. The number of carbonyl (C=O) groups is 2. The molecule has 0 saturated heterocycles. The summed E-state index contributed by atoms with van der Waals surface area (Å²) in [4.78, 5) is 23.2. The van der Waals surface area contributed by atoms with Gasteiger partial charge in [-0.05, 0) is 40.2 Å². The lowest BCUT2D eigenvalue weighted by atomic mass is 10.2. The van der Waals surface area contributed by atoms with E-state index in [4.69, 9.17) is 9.84 Å². The maximum atomic E-state index is 12.2. The van der Waals surface area contributed by atoms with Crippen LogP contribution in [0.2, 0.25) is 0 Å². The smallest absolute Gasteiger partial charge is 0.335 e. The minimum absolute atomic E-state index is 0.0687. The number of carboxylic acid groups (broad SMARTS) is 1. The van der Waals surface area contributed by atoms with Crippen LogP contribution in [0.25, 0.3) is 0 Å². The third kappa shape index (κ3) is 3.25. The number of anilines is 1. The molecule has 2 aromatic rings. The summed E-state index contributed by atoms with van der Waals surface area (Å²) in [5.74, 6) is -1.04. The van der Waals surface area contributed by atoms with Crippen molar-refractivity contribution in [2.45, 2.75) is 0 Å². The van der Waals surface area contributed by atoms with Crippen LogP contribution in [0.15, 0.2) is 34.9 Å². The van der Waals surface area contributed by atoms with E-state index >= 15 is 0 Å². The van der Waals surface area contributed by atoms with E-state index in [1.165, 1.54) is 25.3 Å². The lowest BCUT2D eigenvalue weighted by Gasteiger charge is -2.11. The Morgan fingerprint density at radius 1 is 1.33 bits per heavy atom. The number of benzene rings is 1. The molecule has 6 nitrogen and oxygen atoms in total. The number of rotatable bonds is 4. The molecule has 0 aliphatic rings. The number of hydrogen-bond donors (Lipinski definition) is 2. The number of aryl methyl sites for hydroxylation is 1. The van der Waals surface area contributed by atoms with E-state index in [1.807, 2.05) is 0 Å². The molecule has 1 amide bonds. The molecule has 110 valence electrons. The number of methoxy groups -OCH3 is 1. The Morgan fingerprint density at radius 3 is 2.57 bits per heavy atom. The standard InChI is InChI=1S/C14H13BrN2O4/c1-17-7-9(15)6-11(17)13(18)16-10-5-8(14(19)20)3-4-12(10)21-2/h3-7H,1-2H3,(H,16,18)(H,19,20). The van der Waals surface area contributed by atoms with Gasteiger partial charge in [-0.15, -0.1) is 0 Å². The molecule has 0 bridgehead atoms. The molecule has 1 aromatic heterocycles. The highest BCUT2D eigenvalue weighted by Crippen LogP contribution is 2.26. The van der Waals surface area contributed by atoms with Gasteiger partial charge in [-0.1, -0.05) is 0 Å². The molecule has 0 radical (unpaired) electrons. The zero-order chi connectivity index (χ0) is 15.6. The van der Waals surface area contributed by atoms with Crippen LogP contribution in [0.1, 0.15) is 20.8 Å². The van der Waals surface area contributed by atoms with Crippen LogP contribution in [0.3, 0.4) is 0 Å². The number of carboxylic acids is 1. The normalized spacial score (nSPS) is 10.2. The lowest BCUT2D eigenvalue weighted by Crippen LogP contribution is -2.16. The molecule has 7 heteroatoms. The lowest BCUT2D eigenvalue weighted by molar-refractivity contribution is 0.0696. The second kappa shape index (κ2) is 6.01. The minimum atomic E-state index is -1.07. The molecule has 1 heterocycles. The van der Waals surface area contributed by atoms with Crippen molar-refractivity contribution in [1.29, 1.82) is 0 Å². The number of nitrogens with zero attached hydrogens (tertiary/aromatic N) is 1. The summed E-state index contributed by atoms with van der Waals surface area (Å²) >= 11 is 3.29. The van der Waals surface area contributed by atoms with Crippen molar-refractivity contribution in [2.75, 3.05) is 12.4 Å². The topological polar surface area (TPSA) is 80.6 Å². The molecule has 0 aliphatic heterocycles. The van der Waals surface area contributed by atoms with Crippen molar-refractivity contribution in [3.63, 3.8) is 0 Å². The van der Waals surface area contributed by atoms with Gasteiger partial charge in [0.2, 0.25) is 0 Å². The summed E-state index contributed by atoms with van der Waals surface area (Å²) in [6.45, 7) is 0.